The molecule has 4 aromatic rings. The summed E-state index contributed by atoms with van der Waals surface area (Å²) in [6.45, 7) is 6.90. The van der Waals surface area contributed by atoms with Crippen molar-refractivity contribution in [3.8, 4) is 23.0 Å². The fraction of sp³-hybridized carbons (Fsp3) is 0.436. The maximum absolute atomic E-state index is 13.2. The third-order valence-corrected chi connectivity index (χ3v) is 13.5. The van der Waals surface area contributed by atoms with Crippen LogP contribution >= 0.6 is 11.3 Å². The molecule has 2 aliphatic heterocycles. The van der Waals surface area contributed by atoms with Crippen LogP contribution in [0, 0.1) is 5.92 Å². The molecular weight excluding hydrogens is 1030 g/mol. The molecule has 2 atom stereocenters. The largest absolute Gasteiger partial charge is 0.493 e. The number of carboxylic acids is 1. The van der Waals surface area contributed by atoms with Crippen LogP contribution in [0.1, 0.15) is 85.7 Å². The SMILES string of the molecule is COc1cc2c(cc1OCCCOc1cc3cc(C(=O)CCC(=O)O)sc3cc1OC)CN(C(=O)CCC(=O)OCc1ccc(NC(=O)[C@H](C)NC(=O)[C@@H](NC(=O)CCOCCOCCN3C(=O)C=CC3=O)C(C)C)cc1)C2. The molecule has 3 aromatic carbocycles. The zero-order valence-corrected chi connectivity index (χ0v) is 45.0. The molecule has 6 amide bonds. The van der Waals surface area contributed by atoms with Crippen molar-refractivity contribution in [1.29, 1.82) is 0 Å². The molecule has 3 heterocycles. The van der Waals surface area contributed by atoms with Crippen LogP contribution in [0.4, 0.5) is 5.69 Å². The molecule has 22 nitrogen and oxygen atoms in total. The molecule has 1 aromatic heterocycles. The van der Waals surface area contributed by atoms with Gasteiger partial charge in [0.2, 0.25) is 23.6 Å². The van der Waals surface area contributed by atoms with Crippen molar-refractivity contribution < 1.29 is 81.4 Å². The number of carbonyl (C=O) groups excluding carboxylic acids is 8. The Bertz CT molecular complexity index is 2850. The molecule has 0 saturated heterocycles. The number of nitrogens with zero attached hydrogens (tertiary/aromatic N) is 2. The van der Waals surface area contributed by atoms with Gasteiger partial charge in [-0.3, -0.25) is 48.1 Å². The number of anilines is 1. The molecule has 2 aliphatic rings. The van der Waals surface area contributed by atoms with Crippen LogP contribution in [0.3, 0.4) is 0 Å². The van der Waals surface area contributed by atoms with Crippen LogP contribution in [0.5, 0.6) is 23.0 Å². The maximum atomic E-state index is 13.2. The lowest BCUT2D eigenvalue weighted by atomic mass is 10.0. The Morgan fingerprint density at radius 2 is 1.31 bits per heavy atom. The van der Waals surface area contributed by atoms with Gasteiger partial charge in [0.05, 0.1) is 78.1 Å². The van der Waals surface area contributed by atoms with E-state index in [1.807, 2.05) is 12.1 Å². The molecule has 0 saturated carbocycles. The summed E-state index contributed by atoms with van der Waals surface area (Å²) in [4.78, 5) is 115. The van der Waals surface area contributed by atoms with Gasteiger partial charge in [-0.2, -0.15) is 0 Å². The number of ketones is 1. The number of hydrogen-bond acceptors (Lipinski definition) is 17. The van der Waals surface area contributed by atoms with E-state index in [2.05, 4.69) is 16.0 Å². The first-order chi connectivity index (χ1) is 37.4. The molecule has 6 rings (SSSR count). The highest BCUT2D eigenvalue weighted by molar-refractivity contribution is 7.20. The van der Waals surface area contributed by atoms with Crippen molar-refractivity contribution in [3.63, 3.8) is 0 Å². The Morgan fingerprint density at radius 3 is 1.95 bits per heavy atom. The third-order valence-electron chi connectivity index (χ3n) is 12.4. The molecular formula is C55H65N5O17S. The number of methoxy groups -OCH3 is 2. The van der Waals surface area contributed by atoms with Crippen molar-refractivity contribution in [2.24, 2.45) is 5.92 Å². The van der Waals surface area contributed by atoms with Crippen LogP contribution in [0.2, 0.25) is 0 Å². The molecule has 0 spiro atoms. The van der Waals surface area contributed by atoms with E-state index in [1.54, 1.807) is 61.2 Å². The number of nitrogens with one attached hydrogen (secondary N) is 3. The zero-order chi connectivity index (χ0) is 56.3. The van der Waals surface area contributed by atoms with Gasteiger partial charge < -0.3 is 59.1 Å². The Hall–Kier alpha value is -7.89. The van der Waals surface area contributed by atoms with Gasteiger partial charge in [-0.1, -0.05) is 26.0 Å². The van der Waals surface area contributed by atoms with Crippen molar-refractivity contribution >= 4 is 80.3 Å². The number of imide groups is 1. The first-order valence-corrected chi connectivity index (χ1v) is 26.2. The quantitative estimate of drug-likeness (QED) is 0.0214. The molecule has 78 heavy (non-hydrogen) atoms. The summed E-state index contributed by atoms with van der Waals surface area (Å²) in [5, 5.41) is 17.8. The van der Waals surface area contributed by atoms with Crippen LogP contribution in [-0.2, 0) is 72.3 Å². The van der Waals surface area contributed by atoms with Gasteiger partial charge in [-0.15, -0.1) is 11.3 Å². The van der Waals surface area contributed by atoms with Crippen molar-refractivity contribution in [2.45, 2.75) is 91.1 Å². The predicted molar refractivity (Wildman–Crippen MR) is 283 cm³/mol. The van der Waals surface area contributed by atoms with E-state index in [0.717, 1.165) is 26.1 Å². The standard InChI is InChI=1S/C55H65N5O17S/c1-33(2)53(58-47(62)17-21-73-23-24-74-22-18-60-49(64)12-13-50(60)65)55(70)56-34(3)54(69)57-39-9-7-35(8-10-39)32-77-52(68)16-14-48(63)59-30-37-26-41(71-4)44(27-38(37)31-59)76-20-6-19-75-43-25-36-28-46(40(61)11-15-51(66)67)78-45(36)29-42(43)72-5/h7-10,12-13,25-29,33-34,53H,6,11,14-24,30-32H2,1-5H3,(H,56,70)(H,57,69)(H,58,62)(H,66,67)/t34-,53-/m0/s1. The number of benzene rings is 3. The number of Topliss-reactive ketones (excluding diaryl/α,β-unsaturated/α-hetero) is 1. The van der Waals surface area contributed by atoms with E-state index in [9.17, 15) is 43.2 Å². The van der Waals surface area contributed by atoms with Crippen molar-refractivity contribution in [1.82, 2.24) is 20.4 Å². The minimum atomic E-state index is -1.03. The average molecular weight is 1100 g/mol. The number of rotatable bonds is 32. The lowest BCUT2D eigenvalue weighted by Gasteiger charge is -2.24. The second kappa shape index (κ2) is 29.0. The van der Waals surface area contributed by atoms with E-state index in [1.165, 1.54) is 44.6 Å². The summed E-state index contributed by atoms with van der Waals surface area (Å²) >= 11 is 1.27. The first-order valence-electron chi connectivity index (χ1n) is 25.4. The highest BCUT2D eigenvalue weighted by Gasteiger charge is 2.29. The van der Waals surface area contributed by atoms with Gasteiger partial charge in [-0.25, -0.2) is 0 Å². The van der Waals surface area contributed by atoms with Gasteiger partial charge in [0.1, 0.15) is 18.7 Å². The van der Waals surface area contributed by atoms with Crippen LogP contribution < -0.4 is 34.9 Å². The van der Waals surface area contributed by atoms with Crippen molar-refractivity contribution in [3.05, 3.63) is 88.3 Å². The minimum Gasteiger partial charge on any atom is -0.493 e. The van der Waals surface area contributed by atoms with Gasteiger partial charge >= 0.3 is 11.9 Å². The van der Waals surface area contributed by atoms with Gasteiger partial charge in [0, 0.05) is 67.4 Å². The summed E-state index contributed by atoms with van der Waals surface area (Å²) in [5.41, 5.74) is 2.85. The Morgan fingerprint density at radius 1 is 0.679 bits per heavy atom. The Balaban J connectivity index is 0.848. The second-order valence-electron chi connectivity index (χ2n) is 18.5. The van der Waals surface area contributed by atoms with E-state index in [-0.39, 0.29) is 114 Å². The number of ether oxygens (including phenoxy) is 7. The highest BCUT2D eigenvalue weighted by Crippen LogP contribution is 2.38. The van der Waals surface area contributed by atoms with Gasteiger partial charge in [0.15, 0.2) is 28.8 Å². The first kappa shape index (κ1) is 59.4. The van der Waals surface area contributed by atoms with Crippen molar-refractivity contribution in [2.75, 3.05) is 65.7 Å². The number of thiophene rings is 1. The zero-order valence-electron chi connectivity index (χ0n) is 44.2. The predicted octanol–water partition coefficient (Wildman–Crippen LogP) is 5.11. The molecule has 4 N–H and O–H groups in total. The molecule has 0 aliphatic carbocycles. The number of hydrogen-bond donors (Lipinski definition) is 4. The summed E-state index contributed by atoms with van der Waals surface area (Å²) in [6, 6.07) is 13.7. The van der Waals surface area contributed by atoms with E-state index >= 15 is 0 Å². The number of fused-ring (bicyclic) bond motifs is 2. The molecule has 0 bridgehead atoms. The smallest absolute Gasteiger partial charge is 0.306 e. The van der Waals surface area contributed by atoms with Gasteiger partial charge in [-0.05, 0) is 71.3 Å². The lowest BCUT2D eigenvalue weighted by molar-refractivity contribution is -0.147. The molecule has 0 fully saturated rings. The molecule has 418 valence electrons. The molecule has 0 unspecified atom stereocenters. The average Bonchev–Trinajstić information content (AvgIpc) is 4.16. The summed E-state index contributed by atoms with van der Waals surface area (Å²) < 4.78 is 40.3. The monoisotopic (exact) mass is 1100 g/mol. The number of aliphatic carboxylic acids is 1. The van der Waals surface area contributed by atoms with E-state index < -0.39 is 41.7 Å². The van der Waals surface area contributed by atoms with Crippen LogP contribution in [-0.4, -0.2) is 141 Å². The highest BCUT2D eigenvalue weighted by atomic mass is 32.1. The topological polar surface area (TPSA) is 281 Å². The van der Waals surface area contributed by atoms with E-state index in [0.29, 0.717) is 58.6 Å². The Kier molecular flexibility index (Phi) is 22.1. The Labute approximate surface area is 454 Å². The van der Waals surface area contributed by atoms with Crippen LogP contribution in [0.15, 0.2) is 66.7 Å². The maximum Gasteiger partial charge on any atom is 0.306 e. The normalized spacial score (nSPS) is 13.5. The van der Waals surface area contributed by atoms with Gasteiger partial charge in [0.25, 0.3) is 11.8 Å². The number of carboxylic acid groups (broad SMARTS) is 1. The number of carbonyl (C=O) groups is 9. The number of esters is 1. The van der Waals surface area contributed by atoms with E-state index in [4.69, 9.17) is 38.3 Å². The second-order valence-corrected chi connectivity index (χ2v) is 19.6. The molecule has 0 radical (unpaired) electrons. The molecule has 23 heteroatoms. The fourth-order valence-electron chi connectivity index (χ4n) is 8.06. The minimum absolute atomic E-state index is 0.0262. The fourth-order valence-corrected chi connectivity index (χ4v) is 9.10. The summed E-state index contributed by atoms with van der Waals surface area (Å²) in [7, 11) is 3.05. The summed E-state index contributed by atoms with van der Waals surface area (Å²) in [5.74, 6) is -2.59. The lowest BCUT2D eigenvalue weighted by Crippen LogP contribution is -2.53. The third kappa shape index (κ3) is 17.3. The number of amides is 6. The van der Waals surface area contributed by atoms with Crippen LogP contribution in [0.25, 0.3) is 10.1 Å². The summed E-state index contributed by atoms with van der Waals surface area (Å²) in [6.07, 6.45) is 2.36.